The summed E-state index contributed by atoms with van der Waals surface area (Å²) in [6.07, 6.45) is 0. The van der Waals surface area contributed by atoms with Crippen molar-refractivity contribution in [2.24, 2.45) is 0 Å². The number of halogens is 2. The van der Waals surface area contributed by atoms with Crippen LogP contribution >= 0.6 is 27.5 Å². The molecule has 0 heterocycles. The van der Waals surface area contributed by atoms with E-state index in [2.05, 4.69) is 15.9 Å². The highest BCUT2D eigenvalue weighted by Gasteiger charge is 2.18. The number of hydrogen-bond donors (Lipinski definition) is 0. The Hall–Kier alpha value is -0.610. The van der Waals surface area contributed by atoms with Gasteiger partial charge >= 0.3 is 0 Å². The van der Waals surface area contributed by atoms with Gasteiger partial charge in [-0.3, -0.25) is 10.1 Å². The average molecular weight is 265 g/mol. The van der Waals surface area contributed by atoms with Gasteiger partial charge in [-0.05, 0) is 34.5 Å². The maximum absolute atomic E-state index is 10.7. The van der Waals surface area contributed by atoms with Crippen molar-refractivity contribution in [2.45, 2.75) is 12.8 Å². The van der Waals surface area contributed by atoms with Gasteiger partial charge < -0.3 is 0 Å². The van der Waals surface area contributed by atoms with Crippen molar-refractivity contribution in [3.63, 3.8) is 0 Å². The van der Waals surface area contributed by atoms with E-state index in [1.165, 1.54) is 0 Å². The number of hydrogen-bond acceptors (Lipinski definition) is 2. The van der Waals surface area contributed by atoms with Gasteiger partial charge in [-0.1, -0.05) is 6.07 Å². The molecule has 0 aliphatic rings. The molecular formula is C8H7BrClNO2. The number of aryl methyl sites for hydroxylation is 1. The van der Waals surface area contributed by atoms with Crippen LogP contribution in [0.5, 0.6) is 0 Å². The number of benzene rings is 1. The monoisotopic (exact) mass is 263 g/mol. The number of nitrogens with zero attached hydrogens (tertiary/aromatic N) is 1. The molecule has 0 atom stereocenters. The molecule has 70 valence electrons. The molecule has 0 aliphatic heterocycles. The Kier molecular flexibility index (Phi) is 3.27. The molecule has 0 aromatic heterocycles. The van der Waals surface area contributed by atoms with Crippen molar-refractivity contribution >= 4 is 33.2 Å². The Morgan fingerprint density at radius 1 is 1.62 bits per heavy atom. The third-order valence-electron chi connectivity index (χ3n) is 1.78. The Balaban J connectivity index is 3.43. The van der Waals surface area contributed by atoms with E-state index < -0.39 is 4.92 Å². The summed E-state index contributed by atoms with van der Waals surface area (Å²) in [5.74, 6) is 0.154. The lowest BCUT2D eigenvalue weighted by Gasteiger charge is -2.04. The minimum atomic E-state index is -0.422. The zero-order chi connectivity index (χ0) is 10.0. The highest BCUT2D eigenvalue weighted by Crippen LogP contribution is 2.31. The molecule has 0 amide bonds. The standard InChI is InChI=1S/C8H7BrClNO2/c1-5-2-3-7(9)8(11(12)13)6(5)4-10/h2-3H,4H2,1H3. The van der Waals surface area contributed by atoms with Gasteiger partial charge in [0, 0.05) is 5.56 Å². The summed E-state index contributed by atoms with van der Waals surface area (Å²) in [4.78, 5) is 10.2. The van der Waals surface area contributed by atoms with Crippen molar-refractivity contribution in [3.8, 4) is 0 Å². The van der Waals surface area contributed by atoms with Gasteiger partial charge in [0.05, 0.1) is 15.3 Å². The summed E-state index contributed by atoms with van der Waals surface area (Å²) in [7, 11) is 0. The van der Waals surface area contributed by atoms with E-state index in [4.69, 9.17) is 11.6 Å². The van der Waals surface area contributed by atoms with Crippen molar-refractivity contribution in [3.05, 3.63) is 37.8 Å². The fourth-order valence-electron chi connectivity index (χ4n) is 1.07. The molecular weight excluding hydrogens is 257 g/mol. The summed E-state index contributed by atoms with van der Waals surface area (Å²) >= 11 is 8.75. The lowest BCUT2D eigenvalue weighted by molar-refractivity contribution is -0.386. The van der Waals surface area contributed by atoms with Crippen LogP contribution in [0.2, 0.25) is 0 Å². The molecule has 5 heteroatoms. The van der Waals surface area contributed by atoms with E-state index in [1.807, 2.05) is 0 Å². The maximum Gasteiger partial charge on any atom is 0.288 e. The zero-order valence-corrected chi connectivity index (χ0v) is 9.22. The molecule has 0 bridgehead atoms. The number of rotatable bonds is 2. The van der Waals surface area contributed by atoms with Crippen LogP contribution < -0.4 is 0 Å². The molecule has 0 saturated heterocycles. The molecule has 0 spiro atoms. The molecule has 1 rings (SSSR count). The summed E-state index contributed by atoms with van der Waals surface area (Å²) in [6, 6.07) is 3.46. The molecule has 0 N–H and O–H groups in total. The van der Waals surface area contributed by atoms with E-state index in [-0.39, 0.29) is 11.6 Å². The lowest BCUT2D eigenvalue weighted by Crippen LogP contribution is -1.97. The van der Waals surface area contributed by atoms with Gasteiger partial charge in [-0.15, -0.1) is 11.6 Å². The van der Waals surface area contributed by atoms with Crippen molar-refractivity contribution in [2.75, 3.05) is 0 Å². The van der Waals surface area contributed by atoms with Crippen LogP contribution in [0.1, 0.15) is 11.1 Å². The van der Waals surface area contributed by atoms with Gasteiger partial charge in [0.2, 0.25) is 0 Å². The average Bonchev–Trinajstić information content (AvgIpc) is 2.07. The lowest BCUT2D eigenvalue weighted by atomic mass is 10.1. The summed E-state index contributed by atoms with van der Waals surface area (Å²) < 4.78 is 0.471. The molecule has 0 radical (unpaired) electrons. The number of nitro benzene ring substituents is 1. The minimum Gasteiger partial charge on any atom is -0.258 e. The van der Waals surface area contributed by atoms with E-state index in [1.54, 1.807) is 19.1 Å². The second kappa shape index (κ2) is 4.07. The summed E-state index contributed by atoms with van der Waals surface area (Å²) in [6.45, 7) is 1.80. The smallest absolute Gasteiger partial charge is 0.258 e. The van der Waals surface area contributed by atoms with E-state index in [0.29, 0.717) is 10.0 Å². The Labute approximate surface area is 89.0 Å². The fourth-order valence-corrected chi connectivity index (χ4v) is 1.93. The van der Waals surface area contributed by atoms with Gasteiger partial charge in [-0.25, -0.2) is 0 Å². The first kappa shape index (κ1) is 10.5. The second-order valence-corrected chi connectivity index (χ2v) is 3.70. The van der Waals surface area contributed by atoms with Gasteiger partial charge in [-0.2, -0.15) is 0 Å². The van der Waals surface area contributed by atoms with Crippen LogP contribution in [0.3, 0.4) is 0 Å². The largest absolute Gasteiger partial charge is 0.288 e. The second-order valence-electron chi connectivity index (χ2n) is 2.58. The first-order valence-corrected chi connectivity index (χ1v) is 4.89. The SMILES string of the molecule is Cc1ccc(Br)c([N+](=O)[O-])c1CCl. The van der Waals surface area contributed by atoms with Crippen molar-refractivity contribution < 1.29 is 4.92 Å². The quantitative estimate of drug-likeness (QED) is 0.467. The van der Waals surface area contributed by atoms with Crippen molar-refractivity contribution in [1.82, 2.24) is 0 Å². The Morgan fingerprint density at radius 2 is 2.23 bits per heavy atom. The molecule has 0 unspecified atom stereocenters. The van der Waals surface area contributed by atoms with Crippen LogP contribution in [0, 0.1) is 17.0 Å². The van der Waals surface area contributed by atoms with Crippen LogP contribution in [0.15, 0.2) is 16.6 Å². The molecule has 13 heavy (non-hydrogen) atoms. The predicted molar refractivity (Wildman–Crippen MR) is 55.1 cm³/mol. The molecule has 0 fully saturated rings. The fraction of sp³-hybridized carbons (Fsp3) is 0.250. The molecule has 3 nitrogen and oxygen atoms in total. The highest BCUT2D eigenvalue weighted by molar-refractivity contribution is 9.10. The normalized spacial score (nSPS) is 10.1. The summed E-state index contributed by atoms with van der Waals surface area (Å²) in [5.41, 5.74) is 1.47. The maximum atomic E-state index is 10.7. The zero-order valence-electron chi connectivity index (χ0n) is 6.88. The highest BCUT2D eigenvalue weighted by atomic mass is 79.9. The number of nitro groups is 1. The first-order valence-electron chi connectivity index (χ1n) is 3.56. The molecule has 1 aromatic rings. The van der Waals surface area contributed by atoms with Crippen LogP contribution in [-0.4, -0.2) is 4.92 Å². The third-order valence-corrected chi connectivity index (χ3v) is 2.69. The molecule has 0 aliphatic carbocycles. The topological polar surface area (TPSA) is 43.1 Å². The third kappa shape index (κ3) is 2.00. The summed E-state index contributed by atoms with van der Waals surface area (Å²) in [5, 5.41) is 10.7. The minimum absolute atomic E-state index is 0.0648. The van der Waals surface area contributed by atoms with Crippen LogP contribution in [0.25, 0.3) is 0 Å². The van der Waals surface area contributed by atoms with Crippen LogP contribution in [-0.2, 0) is 5.88 Å². The van der Waals surface area contributed by atoms with Crippen molar-refractivity contribution in [1.29, 1.82) is 0 Å². The first-order chi connectivity index (χ1) is 6.07. The van der Waals surface area contributed by atoms with E-state index in [0.717, 1.165) is 5.56 Å². The van der Waals surface area contributed by atoms with Gasteiger partial charge in [0.15, 0.2) is 0 Å². The number of alkyl halides is 1. The molecule has 1 aromatic carbocycles. The predicted octanol–water partition coefficient (Wildman–Crippen LogP) is 3.40. The Bertz CT molecular complexity index is 354. The van der Waals surface area contributed by atoms with Crippen LogP contribution in [0.4, 0.5) is 5.69 Å². The molecule has 0 saturated carbocycles. The van der Waals surface area contributed by atoms with Gasteiger partial charge in [0.1, 0.15) is 0 Å². The van der Waals surface area contributed by atoms with E-state index >= 15 is 0 Å². The van der Waals surface area contributed by atoms with Gasteiger partial charge in [0.25, 0.3) is 5.69 Å². The van der Waals surface area contributed by atoms with E-state index in [9.17, 15) is 10.1 Å². The Morgan fingerprint density at radius 3 is 2.62 bits per heavy atom.